The van der Waals surface area contributed by atoms with E-state index in [1.165, 1.54) is 38.5 Å². The highest BCUT2D eigenvalue weighted by atomic mass is 32.2. The molecule has 2 saturated heterocycles. The number of aliphatic hydroxyl groups is 1. The average Bonchev–Trinajstić information content (AvgIpc) is 3.67. The number of hydrogen-bond acceptors (Lipinski definition) is 6. The summed E-state index contributed by atoms with van der Waals surface area (Å²) in [5, 5.41) is 22.8. The first-order valence-corrected chi connectivity index (χ1v) is 18.9. The number of carboxylic acid groups (broad SMARTS) is 1. The summed E-state index contributed by atoms with van der Waals surface area (Å²) in [4.78, 5) is 32.0. The number of nitrogens with zero attached hydrogens (tertiary/aromatic N) is 2. The molecule has 0 spiro atoms. The summed E-state index contributed by atoms with van der Waals surface area (Å²) >= 11 is 0. The quantitative estimate of drug-likeness (QED) is 0.0947. The minimum Gasteiger partial charge on any atom is -0.483 e. The van der Waals surface area contributed by atoms with Crippen LogP contribution >= 0.6 is 0 Å². The third-order valence-electron chi connectivity index (χ3n) is 6.79. The van der Waals surface area contributed by atoms with Crippen LogP contribution in [0.3, 0.4) is 0 Å². The Morgan fingerprint density at radius 2 is 1.62 bits per heavy atom. The lowest BCUT2D eigenvalue weighted by Crippen LogP contribution is -2.53. The minimum absolute atomic E-state index is 0.00824. The van der Waals surface area contributed by atoms with Crippen molar-refractivity contribution in [3.05, 3.63) is 12.2 Å². The smallest absolute Gasteiger partial charge is 0.315 e. The molecule has 5 N–H and O–H groups in total. The van der Waals surface area contributed by atoms with Crippen LogP contribution < -0.4 is 16.0 Å². The summed E-state index contributed by atoms with van der Waals surface area (Å²) in [5.41, 5.74) is -0.0577. The van der Waals surface area contributed by atoms with Gasteiger partial charge in [-0.3, -0.25) is 9.59 Å². The summed E-state index contributed by atoms with van der Waals surface area (Å²) in [6.45, 7) is 26.6. The standard InChI is InChI=1S/C12H25N3O2S.C11H23N.C6H11NO.2C2H6.CH2O2.CH4O/c1-5-13-11(16)14-10(12(2,3)4)9-15-7-6-8-18(15)17;1-4-5-6-7-8-9-11(2)10-12-3;1-6-3-2-4-7(6)5-8;2*1-2;2-1-3;1-2/h10H,5-9H2,1-4H3,(H2,13,14,16);8-9,11-12H,4-7,10H2,1-3H3;5-6H,2-4H2,1H3;2*1-2H3;1H,(H,2,3);2H,1H3/b;9-8-;;;;;/t;;6-;;;;/m..1..../s1. The van der Waals surface area contributed by atoms with Crippen LogP contribution in [0.2, 0.25) is 0 Å². The van der Waals surface area contributed by atoms with Gasteiger partial charge in [0, 0.05) is 57.7 Å². The van der Waals surface area contributed by atoms with E-state index < -0.39 is 11.0 Å². The van der Waals surface area contributed by atoms with Crippen LogP contribution in [0.1, 0.15) is 121 Å². The predicted molar refractivity (Wildman–Crippen MR) is 202 cm³/mol. The van der Waals surface area contributed by atoms with Crippen molar-refractivity contribution in [1.82, 2.24) is 25.2 Å². The molecule has 0 aromatic rings. The Kier molecular flexibility index (Phi) is 46.5. The number of hydrogen-bond donors (Lipinski definition) is 5. The van der Waals surface area contributed by atoms with Gasteiger partial charge in [-0.15, -0.1) is 0 Å². The molecule has 3 unspecified atom stereocenters. The van der Waals surface area contributed by atoms with Crippen molar-refractivity contribution in [3.8, 4) is 0 Å². The van der Waals surface area contributed by atoms with Crippen molar-refractivity contribution < 1.29 is 28.8 Å². The summed E-state index contributed by atoms with van der Waals surface area (Å²) in [7, 11) is 2.13. The molecule has 2 rings (SSSR count). The molecule has 47 heavy (non-hydrogen) atoms. The zero-order valence-corrected chi connectivity index (χ0v) is 33.4. The Hall–Kier alpha value is -2.02. The number of carbonyl (C=O) groups excluding carboxylic acids is 2. The average molecular weight is 696 g/mol. The molecule has 0 aliphatic carbocycles. The maximum atomic E-state index is 11.8. The summed E-state index contributed by atoms with van der Waals surface area (Å²) in [6, 6.07) is 0.334. The second-order valence-electron chi connectivity index (χ2n) is 11.6. The fraction of sp³-hybridized carbons (Fsp3) is 0.857. The summed E-state index contributed by atoms with van der Waals surface area (Å²) in [5.74, 6) is 1.43. The van der Waals surface area contributed by atoms with E-state index in [9.17, 15) is 13.8 Å². The van der Waals surface area contributed by atoms with E-state index in [1.807, 2.05) is 50.9 Å². The largest absolute Gasteiger partial charge is 0.483 e. The number of rotatable bonds is 12. The van der Waals surface area contributed by atoms with E-state index in [4.69, 9.17) is 15.0 Å². The highest BCUT2D eigenvalue weighted by Crippen LogP contribution is 2.22. The van der Waals surface area contributed by atoms with E-state index >= 15 is 0 Å². The lowest BCUT2D eigenvalue weighted by molar-refractivity contribution is -0.123. The zero-order chi connectivity index (χ0) is 37.7. The van der Waals surface area contributed by atoms with E-state index in [-0.39, 0.29) is 24.0 Å². The van der Waals surface area contributed by atoms with E-state index in [0.29, 0.717) is 25.0 Å². The number of allylic oxidation sites excluding steroid dienone is 1. The Balaban J connectivity index is -0.000000175. The zero-order valence-electron chi connectivity index (χ0n) is 32.6. The lowest BCUT2D eigenvalue weighted by Gasteiger charge is -2.33. The van der Waals surface area contributed by atoms with Crippen molar-refractivity contribution in [3.63, 3.8) is 0 Å². The molecule has 3 amide bonds. The number of nitrogens with one attached hydrogen (secondary N) is 3. The predicted octanol–water partition coefficient (Wildman–Crippen LogP) is 6.06. The van der Waals surface area contributed by atoms with Gasteiger partial charge < -0.3 is 31.1 Å². The molecular formula is C35H77N5O6S. The van der Waals surface area contributed by atoms with E-state index in [1.54, 1.807) is 0 Å². The molecule has 0 bridgehead atoms. The van der Waals surface area contributed by atoms with Crippen molar-refractivity contribution in [2.45, 2.75) is 133 Å². The topological polar surface area (TPSA) is 151 Å². The van der Waals surface area contributed by atoms with Crippen molar-refractivity contribution >= 4 is 29.9 Å². The first-order valence-electron chi connectivity index (χ1n) is 17.6. The highest BCUT2D eigenvalue weighted by molar-refractivity contribution is 7.82. The fourth-order valence-electron chi connectivity index (χ4n) is 4.22. The molecule has 2 fully saturated rings. The van der Waals surface area contributed by atoms with Crippen LogP contribution in [0.5, 0.6) is 0 Å². The van der Waals surface area contributed by atoms with Gasteiger partial charge in [0.1, 0.15) is 0 Å². The van der Waals surface area contributed by atoms with Gasteiger partial charge in [-0.1, -0.05) is 87.3 Å². The second kappa shape index (κ2) is 40.2. The van der Waals surface area contributed by atoms with Crippen LogP contribution in [-0.4, -0.2) is 107 Å². The Morgan fingerprint density at radius 3 is 1.98 bits per heavy atom. The molecule has 2 aliphatic rings. The third-order valence-corrected chi connectivity index (χ3v) is 8.34. The molecule has 12 heteroatoms. The first kappa shape index (κ1) is 54.4. The Bertz CT molecular complexity index is 738. The normalized spacial score (nSPS) is 17.8. The molecule has 4 atom stereocenters. The summed E-state index contributed by atoms with van der Waals surface area (Å²) < 4.78 is 13.7. The minimum atomic E-state index is -0.873. The van der Waals surface area contributed by atoms with Crippen LogP contribution in [0, 0.1) is 11.3 Å². The molecule has 0 aromatic carbocycles. The number of urea groups is 1. The number of amides is 3. The third kappa shape index (κ3) is 35.1. The number of carbonyl (C=O) groups is 3. The van der Waals surface area contributed by atoms with E-state index in [2.05, 4.69) is 69.6 Å². The maximum Gasteiger partial charge on any atom is 0.315 e. The molecule has 284 valence electrons. The SMILES string of the molecule is CC.CC.CCCCC/C=C\C(C)CNC.CCNC(=O)NC(CN1CCCS1=O)C(C)(C)C.CO.C[C@@H]1CCCN1C=O.O=CO. The number of likely N-dealkylation sites (tertiary alicyclic amines) is 1. The molecule has 0 aromatic heterocycles. The molecular weight excluding hydrogens is 618 g/mol. The van der Waals surface area contributed by atoms with Gasteiger partial charge >= 0.3 is 6.03 Å². The Labute approximate surface area is 292 Å². The van der Waals surface area contributed by atoms with Crippen molar-refractivity contribution in [2.24, 2.45) is 11.3 Å². The van der Waals surface area contributed by atoms with Crippen LogP contribution in [0.15, 0.2) is 12.2 Å². The first-order chi connectivity index (χ1) is 22.4. The summed E-state index contributed by atoms with van der Waals surface area (Å²) in [6.07, 6.45) is 14.2. The monoisotopic (exact) mass is 696 g/mol. The van der Waals surface area contributed by atoms with Gasteiger partial charge in [0.2, 0.25) is 6.41 Å². The fourth-order valence-corrected chi connectivity index (χ4v) is 5.50. The van der Waals surface area contributed by atoms with Crippen LogP contribution in [0.25, 0.3) is 0 Å². The van der Waals surface area contributed by atoms with Crippen LogP contribution in [-0.2, 0) is 20.6 Å². The van der Waals surface area contributed by atoms with Gasteiger partial charge in [0.15, 0.2) is 0 Å². The van der Waals surface area contributed by atoms with Gasteiger partial charge in [0.25, 0.3) is 6.47 Å². The maximum absolute atomic E-state index is 11.8. The highest BCUT2D eigenvalue weighted by Gasteiger charge is 2.31. The van der Waals surface area contributed by atoms with E-state index in [0.717, 1.165) is 45.3 Å². The molecule has 0 saturated carbocycles. The molecule has 11 nitrogen and oxygen atoms in total. The number of aliphatic hydroxyl groups excluding tert-OH is 1. The van der Waals surface area contributed by atoms with Gasteiger partial charge in [0.05, 0.1) is 11.0 Å². The molecule has 0 radical (unpaired) electrons. The van der Waals surface area contributed by atoms with Crippen molar-refractivity contribution in [1.29, 1.82) is 0 Å². The van der Waals surface area contributed by atoms with Crippen molar-refractivity contribution in [2.75, 3.05) is 52.6 Å². The van der Waals surface area contributed by atoms with Gasteiger partial charge in [-0.05, 0) is 64.3 Å². The number of unbranched alkanes of at least 4 members (excludes halogenated alkanes) is 3. The second-order valence-corrected chi connectivity index (χ2v) is 13.2. The Morgan fingerprint density at radius 1 is 1.04 bits per heavy atom. The van der Waals surface area contributed by atoms with Crippen LogP contribution in [0.4, 0.5) is 4.79 Å². The van der Waals surface area contributed by atoms with Gasteiger partial charge in [-0.25, -0.2) is 13.3 Å². The molecule has 2 heterocycles. The lowest BCUT2D eigenvalue weighted by atomic mass is 9.86. The molecule has 2 aliphatic heterocycles. The van der Waals surface area contributed by atoms with Gasteiger partial charge in [-0.2, -0.15) is 0 Å².